The SMILES string of the molecule is CCCCC(ON=C=N)N(C)C. The quantitative estimate of drug-likeness (QED) is 0.376. The van der Waals surface area contributed by atoms with Crippen molar-refractivity contribution in [3.63, 3.8) is 0 Å². The summed E-state index contributed by atoms with van der Waals surface area (Å²) in [7, 11) is 3.86. The lowest BCUT2D eigenvalue weighted by atomic mass is 10.2. The van der Waals surface area contributed by atoms with Gasteiger partial charge in [-0.3, -0.25) is 4.90 Å². The van der Waals surface area contributed by atoms with Gasteiger partial charge >= 0.3 is 0 Å². The smallest absolute Gasteiger partial charge is 0.181 e. The van der Waals surface area contributed by atoms with Crippen LogP contribution in [0.2, 0.25) is 0 Å². The van der Waals surface area contributed by atoms with Crippen LogP contribution in [0, 0.1) is 5.41 Å². The van der Waals surface area contributed by atoms with Crippen LogP contribution in [-0.2, 0) is 4.84 Å². The standard InChI is InChI=1S/C8H17N3O/c1-4-5-6-8(11(2)3)12-10-7-9/h8-9H,4-6H2,1-3H3. The summed E-state index contributed by atoms with van der Waals surface area (Å²) < 4.78 is 0. The third-order valence-corrected chi connectivity index (χ3v) is 1.60. The molecule has 70 valence electrons. The van der Waals surface area contributed by atoms with Crippen LogP contribution in [0.5, 0.6) is 0 Å². The van der Waals surface area contributed by atoms with Gasteiger partial charge in [-0.05, 0) is 25.7 Å². The number of nitrogens with zero attached hydrogens (tertiary/aromatic N) is 2. The van der Waals surface area contributed by atoms with E-state index in [-0.39, 0.29) is 6.23 Å². The fourth-order valence-electron chi connectivity index (χ4n) is 0.871. The predicted molar refractivity (Wildman–Crippen MR) is 48.2 cm³/mol. The molecule has 1 unspecified atom stereocenters. The average molecular weight is 171 g/mol. The molecule has 0 aliphatic carbocycles. The van der Waals surface area contributed by atoms with Crippen LogP contribution < -0.4 is 0 Å². The molecule has 4 heteroatoms. The van der Waals surface area contributed by atoms with Crippen LogP contribution in [0.4, 0.5) is 0 Å². The van der Waals surface area contributed by atoms with Gasteiger partial charge in [-0.2, -0.15) is 0 Å². The van der Waals surface area contributed by atoms with Crippen molar-refractivity contribution in [2.75, 3.05) is 14.1 Å². The molecule has 1 N–H and O–H groups in total. The molecule has 0 radical (unpaired) electrons. The first kappa shape index (κ1) is 11.1. The zero-order valence-corrected chi connectivity index (χ0v) is 8.00. The van der Waals surface area contributed by atoms with Crippen molar-refractivity contribution in [3.05, 3.63) is 0 Å². The highest BCUT2D eigenvalue weighted by Crippen LogP contribution is 2.06. The number of rotatable bonds is 6. The molecular weight excluding hydrogens is 154 g/mol. The van der Waals surface area contributed by atoms with Crippen molar-refractivity contribution in [2.45, 2.75) is 32.4 Å². The average Bonchev–Trinajstić information content (AvgIpc) is 2.04. The predicted octanol–water partition coefficient (Wildman–Crippen LogP) is 1.75. The highest BCUT2D eigenvalue weighted by atomic mass is 16.6. The van der Waals surface area contributed by atoms with Gasteiger partial charge in [0.1, 0.15) is 6.01 Å². The molecule has 12 heavy (non-hydrogen) atoms. The van der Waals surface area contributed by atoms with E-state index in [0.29, 0.717) is 0 Å². The molecular formula is C8H17N3O. The Bertz CT molecular complexity index is 152. The highest BCUT2D eigenvalue weighted by Gasteiger charge is 2.10. The third-order valence-electron chi connectivity index (χ3n) is 1.60. The van der Waals surface area contributed by atoms with Crippen molar-refractivity contribution < 1.29 is 4.84 Å². The molecule has 0 heterocycles. The van der Waals surface area contributed by atoms with Crippen LogP contribution in [0.1, 0.15) is 26.2 Å². The number of hydrogen-bond acceptors (Lipinski definition) is 4. The zero-order chi connectivity index (χ0) is 9.40. The molecule has 0 rings (SSSR count). The van der Waals surface area contributed by atoms with Gasteiger partial charge in [-0.25, -0.2) is 5.41 Å². The van der Waals surface area contributed by atoms with Gasteiger partial charge in [0.2, 0.25) is 0 Å². The Balaban J connectivity index is 3.77. The molecule has 0 aliphatic rings. The van der Waals surface area contributed by atoms with E-state index in [9.17, 15) is 0 Å². The van der Waals surface area contributed by atoms with E-state index < -0.39 is 0 Å². The molecule has 0 aromatic heterocycles. The summed E-state index contributed by atoms with van der Waals surface area (Å²) in [4.78, 5) is 6.95. The maximum atomic E-state index is 6.55. The lowest BCUT2D eigenvalue weighted by Gasteiger charge is -2.20. The molecule has 0 saturated carbocycles. The fraction of sp³-hybridized carbons (Fsp3) is 0.875. The van der Waals surface area contributed by atoms with E-state index >= 15 is 0 Å². The molecule has 0 amide bonds. The lowest BCUT2D eigenvalue weighted by molar-refractivity contribution is -0.0388. The van der Waals surface area contributed by atoms with E-state index in [0.717, 1.165) is 19.3 Å². The van der Waals surface area contributed by atoms with Crippen molar-refractivity contribution in [3.8, 4) is 0 Å². The lowest BCUT2D eigenvalue weighted by Crippen LogP contribution is -2.29. The third kappa shape index (κ3) is 4.88. The summed E-state index contributed by atoms with van der Waals surface area (Å²) in [5.41, 5.74) is 0. The normalized spacial score (nSPS) is 12.3. The maximum Gasteiger partial charge on any atom is 0.181 e. The van der Waals surface area contributed by atoms with Crippen LogP contribution >= 0.6 is 0 Å². The van der Waals surface area contributed by atoms with Crippen molar-refractivity contribution >= 4 is 6.01 Å². The van der Waals surface area contributed by atoms with Crippen LogP contribution in [-0.4, -0.2) is 31.2 Å². The number of nitrogens with one attached hydrogen (secondary N) is 1. The molecule has 4 nitrogen and oxygen atoms in total. The largest absolute Gasteiger partial charge is 0.368 e. The second-order valence-corrected chi connectivity index (χ2v) is 2.87. The second kappa shape index (κ2) is 6.83. The molecule has 0 aliphatic heterocycles. The Morgan fingerprint density at radius 3 is 2.67 bits per heavy atom. The summed E-state index contributed by atoms with van der Waals surface area (Å²) in [6.07, 6.45) is 3.16. The maximum absolute atomic E-state index is 6.55. The van der Waals surface area contributed by atoms with Crippen molar-refractivity contribution in [1.29, 1.82) is 5.41 Å². The molecule has 0 aromatic rings. The van der Waals surface area contributed by atoms with Gasteiger partial charge in [0, 0.05) is 6.42 Å². The summed E-state index contributed by atoms with van der Waals surface area (Å²) in [5, 5.41) is 9.88. The van der Waals surface area contributed by atoms with Gasteiger partial charge in [-0.1, -0.05) is 13.3 Å². The molecule has 0 aromatic carbocycles. The second-order valence-electron chi connectivity index (χ2n) is 2.87. The first-order chi connectivity index (χ1) is 5.72. The highest BCUT2D eigenvalue weighted by molar-refractivity contribution is 5.34. The number of hydrogen-bond donors (Lipinski definition) is 1. The van der Waals surface area contributed by atoms with E-state index in [1.165, 1.54) is 0 Å². The van der Waals surface area contributed by atoms with Crippen LogP contribution in [0.15, 0.2) is 5.16 Å². The Morgan fingerprint density at radius 1 is 1.58 bits per heavy atom. The first-order valence-corrected chi connectivity index (χ1v) is 4.16. The Hall–Kier alpha value is -0.860. The molecule has 0 saturated heterocycles. The topological polar surface area (TPSA) is 48.7 Å². The van der Waals surface area contributed by atoms with E-state index in [4.69, 9.17) is 10.2 Å². The molecule has 1 atom stereocenters. The molecule has 0 bridgehead atoms. The summed E-state index contributed by atoms with van der Waals surface area (Å²) in [6, 6.07) is 1.86. The van der Waals surface area contributed by atoms with Crippen molar-refractivity contribution in [2.24, 2.45) is 5.16 Å². The summed E-state index contributed by atoms with van der Waals surface area (Å²) in [6.45, 7) is 2.13. The fourth-order valence-corrected chi connectivity index (χ4v) is 0.871. The Morgan fingerprint density at radius 2 is 2.25 bits per heavy atom. The van der Waals surface area contributed by atoms with E-state index in [2.05, 4.69) is 12.1 Å². The van der Waals surface area contributed by atoms with Gasteiger partial charge in [0.15, 0.2) is 6.23 Å². The Labute approximate surface area is 73.7 Å². The summed E-state index contributed by atoms with van der Waals surface area (Å²) >= 11 is 0. The zero-order valence-electron chi connectivity index (χ0n) is 8.00. The first-order valence-electron chi connectivity index (χ1n) is 4.16. The monoisotopic (exact) mass is 171 g/mol. The van der Waals surface area contributed by atoms with Gasteiger partial charge in [-0.15, -0.1) is 0 Å². The minimum absolute atomic E-state index is 0.0252. The number of unbranched alkanes of at least 4 members (excludes halogenated alkanes) is 1. The summed E-state index contributed by atoms with van der Waals surface area (Å²) in [5.74, 6) is 0. The van der Waals surface area contributed by atoms with Crippen LogP contribution in [0.25, 0.3) is 0 Å². The van der Waals surface area contributed by atoms with E-state index in [1.807, 2.05) is 25.0 Å². The molecule has 0 fully saturated rings. The Kier molecular flexibility index (Phi) is 6.34. The minimum Gasteiger partial charge on any atom is -0.368 e. The van der Waals surface area contributed by atoms with Crippen LogP contribution in [0.3, 0.4) is 0 Å². The van der Waals surface area contributed by atoms with Gasteiger partial charge in [0.25, 0.3) is 0 Å². The van der Waals surface area contributed by atoms with Crippen molar-refractivity contribution in [1.82, 2.24) is 4.90 Å². The van der Waals surface area contributed by atoms with Gasteiger partial charge < -0.3 is 4.84 Å². The van der Waals surface area contributed by atoms with Gasteiger partial charge in [0.05, 0.1) is 0 Å². The minimum atomic E-state index is -0.0252. The molecule has 0 spiro atoms. The van der Waals surface area contributed by atoms with E-state index in [1.54, 1.807) is 0 Å².